The summed E-state index contributed by atoms with van der Waals surface area (Å²) in [5.74, 6) is 0. The van der Waals surface area contributed by atoms with Crippen LogP contribution in [0.2, 0.25) is 0 Å². The second-order valence-electron chi connectivity index (χ2n) is 6.25. The van der Waals surface area contributed by atoms with Crippen LogP contribution in [-0.4, -0.2) is 65.7 Å². The average Bonchev–Trinajstić information content (AvgIpc) is 3.36. The fourth-order valence-electron chi connectivity index (χ4n) is 3.03. The highest BCUT2D eigenvalue weighted by Crippen LogP contribution is 2.38. The van der Waals surface area contributed by atoms with Crippen molar-refractivity contribution in [2.24, 2.45) is 0 Å². The Hall–Kier alpha value is -1.34. The van der Waals surface area contributed by atoms with Crippen molar-refractivity contribution >= 4 is 39.0 Å². The first-order valence-corrected chi connectivity index (χ1v) is 11.0. The predicted octanol–water partition coefficient (Wildman–Crippen LogP) is 1.94. The lowest BCUT2D eigenvalue weighted by molar-refractivity contribution is -0.178. The van der Waals surface area contributed by atoms with Gasteiger partial charge in [-0.25, -0.2) is 4.68 Å². The topological polar surface area (TPSA) is 114 Å². The largest absolute Gasteiger partial charge is 0.394 e. The van der Waals surface area contributed by atoms with E-state index < -0.39 is 29.8 Å². The van der Waals surface area contributed by atoms with Gasteiger partial charge in [-0.15, -0.1) is 5.10 Å². The number of thioether (sulfide) groups is 1. The predicted molar refractivity (Wildman–Crippen MR) is 108 cm³/mol. The number of halogens is 1. The molecular weight excluding hydrogens is 468 g/mol. The van der Waals surface area contributed by atoms with Gasteiger partial charge < -0.3 is 20.1 Å². The van der Waals surface area contributed by atoms with E-state index >= 15 is 0 Å². The van der Waals surface area contributed by atoms with Gasteiger partial charge in [0.05, 0.1) is 12.8 Å². The molecule has 3 unspecified atom stereocenters. The van der Waals surface area contributed by atoms with Gasteiger partial charge in [-0.1, -0.05) is 17.0 Å². The molecule has 3 aromatic heterocycles. The summed E-state index contributed by atoms with van der Waals surface area (Å²) < 4.78 is 7.99. The van der Waals surface area contributed by atoms with Gasteiger partial charge in [-0.05, 0) is 33.4 Å². The zero-order chi connectivity index (χ0) is 19.7. The zero-order valence-corrected chi connectivity index (χ0v) is 17.6. The highest BCUT2D eigenvalue weighted by molar-refractivity contribution is 9.10. The maximum Gasteiger partial charge on any atom is 0.136 e. The molecule has 0 radical (unpaired) electrons. The lowest BCUT2D eigenvalue weighted by atomic mass is 9.97. The van der Waals surface area contributed by atoms with E-state index in [0.29, 0.717) is 5.69 Å². The molecular formula is C17H17BrN4O4S2. The van der Waals surface area contributed by atoms with Gasteiger partial charge in [0, 0.05) is 32.7 Å². The number of aromatic nitrogens is 4. The Bertz CT molecular complexity index is 926. The lowest BCUT2D eigenvalue weighted by Gasteiger charge is -2.41. The Morgan fingerprint density at radius 2 is 2.14 bits per heavy atom. The summed E-state index contributed by atoms with van der Waals surface area (Å²) in [7, 11) is 0. The second kappa shape index (κ2) is 8.57. The first-order valence-electron chi connectivity index (χ1n) is 8.41. The molecule has 0 spiro atoms. The van der Waals surface area contributed by atoms with Crippen LogP contribution in [0.25, 0.3) is 11.3 Å². The van der Waals surface area contributed by atoms with Gasteiger partial charge in [0.15, 0.2) is 0 Å². The molecule has 0 aliphatic carbocycles. The van der Waals surface area contributed by atoms with E-state index in [1.807, 2.05) is 22.9 Å². The van der Waals surface area contributed by atoms with Crippen molar-refractivity contribution in [1.82, 2.24) is 20.0 Å². The van der Waals surface area contributed by atoms with E-state index in [4.69, 9.17) is 4.74 Å². The van der Waals surface area contributed by atoms with Crippen molar-refractivity contribution in [1.29, 1.82) is 0 Å². The molecule has 8 nitrogen and oxygen atoms in total. The molecule has 4 heterocycles. The molecule has 3 N–H and O–H groups in total. The van der Waals surface area contributed by atoms with Crippen LogP contribution in [-0.2, 0) is 4.74 Å². The summed E-state index contributed by atoms with van der Waals surface area (Å²) in [6.45, 7) is -0.385. The number of nitrogens with zero attached hydrogens (tertiary/aromatic N) is 4. The van der Waals surface area contributed by atoms with Gasteiger partial charge in [-0.3, -0.25) is 4.98 Å². The van der Waals surface area contributed by atoms with E-state index in [0.717, 1.165) is 14.9 Å². The van der Waals surface area contributed by atoms with Crippen LogP contribution in [0, 0.1) is 0 Å². The minimum Gasteiger partial charge on any atom is -0.394 e. The first kappa shape index (κ1) is 20.0. The van der Waals surface area contributed by atoms with Crippen molar-refractivity contribution < 1.29 is 20.1 Å². The van der Waals surface area contributed by atoms with E-state index in [9.17, 15) is 15.3 Å². The Balaban J connectivity index is 1.61. The number of hydrogen-bond donors (Lipinski definition) is 3. The fraction of sp³-hybridized carbons (Fsp3) is 0.353. The maximum absolute atomic E-state index is 10.9. The molecule has 11 heteroatoms. The first-order chi connectivity index (χ1) is 13.6. The summed E-state index contributed by atoms with van der Waals surface area (Å²) in [6, 6.07) is 2.96. The third kappa shape index (κ3) is 4.01. The molecule has 1 saturated heterocycles. The Morgan fingerprint density at radius 1 is 1.29 bits per heavy atom. The van der Waals surface area contributed by atoms with Crippen molar-refractivity contribution in [3.05, 3.63) is 46.0 Å². The second-order valence-corrected chi connectivity index (χ2v) is 9.12. The molecule has 4 rings (SSSR count). The number of pyridine rings is 1. The summed E-state index contributed by atoms with van der Waals surface area (Å²) in [4.78, 5) is 4.89. The SMILES string of the molecule is OCC1O[C@H](Sc2cncc(Br)c2)C(O)C(n2cc(-c3ccsc3)nn2)[C@H]1O. The van der Waals surface area contributed by atoms with Crippen molar-refractivity contribution in [2.45, 2.75) is 34.7 Å². The molecule has 1 aliphatic rings. The number of rotatable bonds is 5. The van der Waals surface area contributed by atoms with E-state index in [1.54, 1.807) is 29.9 Å². The number of thiophene rings is 1. The quantitative estimate of drug-likeness (QED) is 0.503. The monoisotopic (exact) mass is 484 g/mol. The third-order valence-electron chi connectivity index (χ3n) is 4.41. The molecule has 5 atom stereocenters. The summed E-state index contributed by atoms with van der Waals surface area (Å²) in [5, 5.41) is 43.4. The average molecular weight is 485 g/mol. The number of hydrogen-bond acceptors (Lipinski definition) is 9. The summed E-state index contributed by atoms with van der Waals surface area (Å²) in [6.07, 6.45) is 1.91. The number of aliphatic hydroxyl groups is 3. The van der Waals surface area contributed by atoms with Crippen LogP contribution in [0.15, 0.2) is 50.9 Å². The minimum atomic E-state index is -1.14. The highest BCUT2D eigenvalue weighted by atomic mass is 79.9. The van der Waals surface area contributed by atoms with Crippen LogP contribution < -0.4 is 0 Å². The molecule has 3 aromatic rings. The molecule has 0 bridgehead atoms. The molecule has 1 aliphatic heterocycles. The van der Waals surface area contributed by atoms with Crippen LogP contribution >= 0.6 is 39.0 Å². The van der Waals surface area contributed by atoms with Crippen LogP contribution in [0.4, 0.5) is 0 Å². The van der Waals surface area contributed by atoms with Crippen LogP contribution in [0.1, 0.15) is 6.04 Å². The van der Waals surface area contributed by atoms with Gasteiger partial charge >= 0.3 is 0 Å². The van der Waals surface area contributed by atoms with E-state index in [2.05, 4.69) is 31.2 Å². The number of aliphatic hydroxyl groups excluding tert-OH is 3. The minimum absolute atomic E-state index is 0.385. The Kier molecular flexibility index (Phi) is 6.11. The van der Waals surface area contributed by atoms with E-state index in [-0.39, 0.29) is 6.61 Å². The lowest BCUT2D eigenvalue weighted by Crippen LogP contribution is -2.55. The van der Waals surface area contributed by atoms with Crippen molar-refractivity contribution in [3.8, 4) is 11.3 Å². The van der Waals surface area contributed by atoms with Gasteiger partial charge in [-0.2, -0.15) is 11.3 Å². The number of ether oxygens (including phenoxy) is 1. The Morgan fingerprint density at radius 3 is 2.86 bits per heavy atom. The summed E-state index contributed by atoms with van der Waals surface area (Å²) in [5.41, 5.74) is 0.834. The van der Waals surface area contributed by atoms with Gasteiger partial charge in [0.2, 0.25) is 0 Å². The zero-order valence-electron chi connectivity index (χ0n) is 14.4. The molecule has 1 fully saturated rings. The molecule has 28 heavy (non-hydrogen) atoms. The molecule has 148 valence electrons. The van der Waals surface area contributed by atoms with Gasteiger partial charge in [0.1, 0.15) is 35.5 Å². The summed E-state index contributed by atoms with van der Waals surface area (Å²) >= 11 is 6.18. The van der Waals surface area contributed by atoms with Crippen LogP contribution in [0.5, 0.6) is 0 Å². The smallest absolute Gasteiger partial charge is 0.136 e. The molecule has 0 saturated carbocycles. The third-order valence-corrected chi connectivity index (χ3v) is 6.65. The van der Waals surface area contributed by atoms with Crippen molar-refractivity contribution in [3.63, 3.8) is 0 Å². The van der Waals surface area contributed by atoms with Crippen molar-refractivity contribution in [2.75, 3.05) is 6.61 Å². The van der Waals surface area contributed by atoms with E-state index in [1.165, 1.54) is 16.4 Å². The highest BCUT2D eigenvalue weighted by Gasteiger charge is 2.46. The van der Waals surface area contributed by atoms with Gasteiger partial charge in [0.25, 0.3) is 0 Å². The normalized spacial score (nSPS) is 27.8. The van der Waals surface area contributed by atoms with Crippen LogP contribution in [0.3, 0.4) is 0 Å². The maximum atomic E-state index is 10.9. The Labute approximate surface area is 177 Å². The fourth-order valence-corrected chi connectivity index (χ4v) is 5.28. The molecule has 0 aromatic carbocycles. The molecule has 0 amide bonds. The standard InChI is InChI=1S/C17H17BrN4O4S2/c18-10-3-11(5-19-4-10)28-17-16(25)14(15(24)13(7-23)26-17)22-6-12(20-21-22)9-1-2-27-8-9/h1-6,8,13-17,23-25H,7H2/t13?,14?,15-,16?,17+/m0/s1.